The number of nitrogen functional groups attached to an aromatic ring is 1. The molecule has 118 valence electrons. The van der Waals surface area contributed by atoms with E-state index in [9.17, 15) is 9.59 Å². The zero-order valence-electron chi connectivity index (χ0n) is 12.6. The first-order chi connectivity index (χ1) is 11.0. The molecule has 1 aromatic carbocycles. The van der Waals surface area contributed by atoms with E-state index in [-0.39, 0.29) is 36.6 Å². The number of benzene rings is 1. The Balaban J connectivity index is 1.78. The number of hydrogen-bond acceptors (Lipinski definition) is 5. The van der Waals surface area contributed by atoms with Gasteiger partial charge in [-0.1, -0.05) is 12.1 Å². The molecule has 2 amide bonds. The topological polar surface area (TPSA) is 97.5 Å². The number of aromatic nitrogens is 1. The summed E-state index contributed by atoms with van der Waals surface area (Å²) >= 11 is 0. The average molecular weight is 312 g/mol. The summed E-state index contributed by atoms with van der Waals surface area (Å²) in [6.07, 6.45) is 0. The number of pyridine rings is 1. The normalized spacial score (nSPS) is 13.3. The summed E-state index contributed by atoms with van der Waals surface area (Å²) in [5, 5.41) is 2.76. The third-order valence-electron chi connectivity index (χ3n) is 3.37. The van der Waals surface area contributed by atoms with E-state index >= 15 is 0 Å². The molecule has 0 spiro atoms. The smallest absolute Gasteiger partial charge is 0.266 e. The first-order valence-electron chi connectivity index (χ1n) is 7.09. The zero-order valence-corrected chi connectivity index (χ0v) is 12.6. The molecule has 1 aromatic heterocycles. The van der Waals surface area contributed by atoms with E-state index in [0.717, 1.165) is 5.56 Å². The van der Waals surface area contributed by atoms with Crippen molar-refractivity contribution in [3.63, 3.8) is 0 Å². The number of anilines is 3. The lowest BCUT2D eigenvalue weighted by atomic mass is 10.2. The van der Waals surface area contributed by atoms with Gasteiger partial charge in [-0.2, -0.15) is 0 Å². The highest BCUT2D eigenvalue weighted by molar-refractivity contribution is 6.04. The molecule has 0 saturated heterocycles. The molecule has 0 bridgehead atoms. The lowest BCUT2D eigenvalue weighted by molar-refractivity contribution is -0.123. The molecule has 0 saturated carbocycles. The maximum atomic E-state index is 12.2. The summed E-state index contributed by atoms with van der Waals surface area (Å²) in [4.78, 5) is 29.7. The van der Waals surface area contributed by atoms with Gasteiger partial charge in [-0.05, 0) is 36.8 Å². The van der Waals surface area contributed by atoms with Crippen molar-refractivity contribution >= 4 is 29.1 Å². The van der Waals surface area contributed by atoms with Crippen LogP contribution < -0.4 is 20.7 Å². The molecule has 0 aliphatic carbocycles. The van der Waals surface area contributed by atoms with Gasteiger partial charge >= 0.3 is 0 Å². The van der Waals surface area contributed by atoms with Crippen LogP contribution in [0.2, 0.25) is 0 Å². The monoisotopic (exact) mass is 312 g/mol. The Morgan fingerprint density at radius 2 is 2.22 bits per heavy atom. The van der Waals surface area contributed by atoms with Crippen LogP contribution in [-0.4, -0.2) is 29.9 Å². The first-order valence-corrected chi connectivity index (χ1v) is 7.09. The molecule has 7 heteroatoms. The standard InChI is InChI=1S/C16H16N4O3/c1-10-3-2-4-11(7-10)18-14(21)8-20-15(22)9-23-12-5-6-13(17)19-16(12)20/h2-7H,8-9H2,1H3,(H2,17,19)(H,18,21). The number of rotatable bonds is 3. The predicted octanol–water partition coefficient (Wildman–Crippen LogP) is 1.34. The van der Waals surface area contributed by atoms with Crippen molar-refractivity contribution in [3.8, 4) is 5.75 Å². The van der Waals surface area contributed by atoms with Crippen molar-refractivity contribution in [1.29, 1.82) is 0 Å². The van der Waals surface area contributed by atoms with Crippen LogP contribution in [-0.2, 0) is 9.59 Å². The molecule has 0 fully saturated rings. The average Bonchev–Trinajstić information content (AvgIpc) is 2.50. The van der Waals surface area contributed by atoms with Crippen molar-refractivity contribution in [1.82, 2.24) is 4.98 Å². The molecule has 2 heterocycles. The fourth-order valence-electron chi connectivity index (χ4n) is 2.32. The van der Waals surface area contributed by atoms with Gasteiger partial charge in [0.2, 0.25) is 5.91 Å². The van der Waals surface area contributed by atoms with Crippen LogP contribution in [0, 0.1) is 6.92 Å². The second kappa shape index (κ2) is 5.96. The highest BCUT2D eigenvalue weighted by Crippen LogP contribution is 2.30. The Morgan fingerprint density at radius 3 is 3.00 bits per heavy atom. The number of amides is 2. The van der Waals surface area contributed by atoms with E-state index in [1.807, 2.05) is 25.1 Å². The quantitative estimate of drug-likeness (QED) is 0.891. The highest BCUT2D eigenvalue weighted by Gasteiger charge is 2.28. The molecule has 1 aliphatic heterocycles. The second-order valence-electron chi connectivity index (χ2n) is 5.24. The van der Waals surface area contributed by atoms with Crippen LogP contribution in [0.3, 0.4) is 0 Å². The van der Waals surface area contributed by atoms with Gasteiger partial charge in [0.25, 0.3) is 5.91 Å². The highest BCUT2D eigenvalue weighted by atomic mass is 16.5. The molecule has 0 atom stereocenters. The van der Waals surface area contributed by atoms with Gasteiger partial charge in [0, 0.05) is 5.69 Å². The van der Waals surface area contributed by atoms with Crippen molar-refractivity contribution in [2.45, 2.75) is 6.92 Å². The largest absolute Gasteiger partial charge is 0.480 e. The minimum absolute atomic E-state index is 0.129. The minimum atomic E-state index is -0.338. The number of hydrogen-bond donors (Lipinski definition) is 2. The van der Waals surface area contributed by atoms with Crippen molar-refractivity contribution in [2.24, 2.45) is 0 Å². The summed E-state index contributed by atoms with van der Waals surface area (Å²) in [6, 6.07) is 10.6. The molecule has 1 aliphatic rings. The van der Waals surface area contributed by atoms with Gasteiger partial charge in [0.05, 0.1) is 0 Å². The van der Waals surface area contributed by atoms with Gasteiger partial charge in [-0.25, -0.2) is 4.98 Å². The lowest BCUT2D eigenvalue weighted by Crippen LogP contribution is -2.44. The molecular formula is C16H16N4O3. The number of ether oxygens (including phenoxy) is 1. The van der Waals surface area contributed by atoms with Gasteiger partial charge in [0.1, 0.15) is 12.4 Å². The van der Waals surface area contributed by atoms with Gasteiger partial charge in [-0.3, -0.25) is 14.5 Å². The van der Waals surface area contributed by atoms with E-state index in [1.165, 1.54) is 4.90 Å². The number of carbonyl (C=O) groups excluding carboxylic acids is 2. The summed E-state index contributed by atoms with van der Waals surface area (Å²) in [5.41, 5.74) is 7.37. The molecule has 23 heavy (non-hydrogen) atoms. The van der Waals surface area contributed by atoms with E-state index in [1.54, 1.807) is 18.2 Å². The molecule has 3 N–H and O–H groups in total. The minimum Gasteiger partial charge on any atom is -0.480 e. The van der Waals surface area contributed by atoms with Crippen LogP contribution in [0.25, 0.3) is 0 Å². The van der Waals surface area contributed by atoms with Crippen LogP contribution >= 0.6 is 0 Å². The van der Waals surface area contributed by atoms with Crippen molar-refractivity contribution < 1.29 is 14.3 Å². The molecular weight excluding hydrogens is 296 g/mol. The number of fused-ring (bicyclic) bond motifs is 1. The summed E-state index contributed by atoms with van der Waals surface area (Å²) in [5.74, 6) is 0.296. The van der Waals surface area contributed by atoms with Gasteiger partial charge in [0.15, 0.2) is 18.2 Å². The third-order valence-corrected chi connectivity index (χ3v) is 3.37. The summed E-state index contributed by atoms with van der Waals surface area (Å²) < 4.78 is 5.30. The van der Waals surface area contributed by atoms with E-state index < -0.39 is 0 Å². The fourth-order valence-corrected chi connectivity index (χ4v) is 2.32. The Hall–Kier alpha value is -3.09. The first kappa shape index (κ1) is 14.8. The number of carbonyl (C=O) groups is 2. The molecule has 0 unspecified atom stereocenters. The number of aryl methyl sites for hydroxylation is 1. The number of nitrogens with zero attached hydrogens (tertiary/aromatic N) is 2. The predicted molar refractivity (Wildman–Crippen MR) is 86.3 cm³/mol. The lowest BCUT2D eigenvalue weighted by Gasteiger charge is -2.27. The summed E-state index contributed by atoms with van der Waals surface area (Å²) in [6.45, 7) is 1.65. The van der Waals surface area contributed by atoms with Crippen LogP contribution in [0.4, 0.5) is 17.3 Å². The van der Waals surface area contributed by atoms with E-state index in [0.29, 0.717) is 11.4 Å². The maximum absolute atomic E-state index is 12.2. The number of nitrogens with one attached hydrogen (secondary N) is 1. The Morgan fingerprint density at radius 1 is 1.39 bits per heavy atom. The molecule has 2 aromatic rings. The third kappa shape index (κ3) is 3.23. The van der Waals surface area contributed by atoms with Gasteiger partial charge < -0.3 is 15.8 Å². The van der Waals surface area contributed by atoms with Crippen molar-refractivity contribution in [3.05, 3.63) is 42.0 Å². The summed E-state index contributed by atoms with van der Waals surface area (Å²) in [7, 11) is 0. The zero-order chi connectivity index (χ0) is 16.4. The second-order valence-corrected chi connectivity index (χ2v) is 5.24. The Labute approximate surface area is 133 Å². The number of nitrogens with two attached hydrogens (primary N) is 1. The maximum Gasteiger partial charge on any atom is 0.266 e. The molecule has 7 nitrogen and oxygen atoms in total. The Kier molecular flexibility index (Phi) is 3.84. The van der Waals surface area contributed by atoms with Crippen LogP contribution in [0.5, 0.6) is 5.75 Å². The Bertz CT molecular complexity index is 776. The SMILES string of the molecule is Cc1cccc(NC(=O)CN2C(=O)COc3ccc(N)nc32)c1. The van der Waals surface area contributed by atoms with E-state index in [2.05, 4.69) is 10.3 Å². The molecule has 0 radical (unpaired) electrons. The fraction of sp³-hybridized carbons (Fsp3) is 0.188. The van der Waals surface area contributed by atoms with Crippen LogP contribution in [0.1, 0.15) is 5.56 Å². The van der Waals surface area contributed by atoms with Crippen molar-refractivity contribution in [2.75, 3.05) is 29.1 Å². The van der Waals surface area contributed by atoms with E-state index in [4.69, 9.17) is 10.5 Å². The van der Waals surface area contributed by atoms with Gasteiger partial charge in [-0.15, -0.1) is 0 Å². The van der Waals surface area contributed by atoms with Crippen LogP contribution in [0.15, 0.2) is 36.4 Å². The molecule has 3 rings (SSSR count).